The maximum atomic E-state index is 2.52. The highest BCUT2D eigenvalue weighted by Crippen LogP contribution is 2.61. The normalized spacial score (nSPS) is 12.5. The quantitative estimate of drug-likeness (QED) is 0.147. The van der Waals surface area contributed by atoms with Crippen molar-refractivity contribution in [3.8, 4) is 44.5 Å². The number of hydrogen-bond donors (Lipinski definition) is 0. The molecular formula is C64H45N. The Morgan fingerprint density at radius 2 is 0.800 bits per heavy atom. The number of hydrogen-bond acceptors (Lipinski definition) is 1. The van der Waals surface area contributed by atoms with E-state index in [1.165, 1.54) is 99.6 Å². The van der Waals surface area contributed by atoms with Crippen LogP contribution in [0, 0.1) is 6.92 Å². The third-order valence-electron chi connectivity index (χ3n) is 13.6. The predicted molar refractivity (Wildman–Crippen MR) is 274 cm³/mol. The first-order chi connectivity index (χ1) is 32.1. The monoisotopic (exact) mass is 827 g/mol. The third-order valence-corrected chi connectivity index (χ3v) is 13.6. The van der Waals surface area contributed by atoms with Crippen molar-refractivity contribution in [1.29, 1.82) is 0 Å². The Morgan fingerprint density at radius 3 is 1.45 bits per heavy atom. The van der Waals surface area contributed by atoms with E-state index in [0.29, 0.717) is 0 Å². The third kappa shape index (κ3) is 6.39. The molecule has 0 N–H and O–H groups in total. The molecule has 0 aliphatic heterocycles. The highest BCUT2D eigenvalue weighted by atomic mass is 15.1. The summed E-state index contributed by atoms with van der Waals surface area (Å²) in [6.45, 7) is 2.14. The van der Waals surface area contributed by atoms with Crippen molar-refractivity contribution < 1.29 is 0 Å². The minimum absolute atomic E-state index is 0.551. The minimum Gasteiger partial charge on any atom is -0.309 e. The summed E-state index contributed by atoms with van der Waals surface area (Å²) in [6.07, 6.45) is 0. The van der Waals surface area contributed by atoms with Crippen LogP contribution < -0.4 is 4.90 Å². The van der Waals surface area contributed by atoms with Gasteiger partial charge in [0.05, 0.1) is 11.1 Å². The molecule has 0 unspecified atom stereocenters. The molecule has 0 aromatic heterocycles. The highest BCUT2D eigenvalue weighted by molar-refractivity contribution is 6.11. The Kier molecular flexibility index (Phi) is 9.35. The van der Waals surface area contributed by atoms with E-state index in [1.807, 2.05) is 0 Å². The maximum Gasteiger partial charge on any atom is 0.0714 e. The van der Waals surface area contributed by atoms with Crippen molar-refractivity contribution in [1.82, 2.24) is 0 Å². The van der Waals surface area contributed by atoms with Crippen LogP contribution in [-0.2, 0) is 5.41 Å². The molecule has 0 saturated heterocycles. The van der Waals surface area contributed by atoms with E-state index in [9.17, 15) is 0 Å². The number of fused-ring (bicyclic) bond motifs is 5. The van der Waals surface area contributed by atoms with E-state index in [4.69, 9.17) is 0 Å². The lowest BCUT2D eigenvalue weighted by Gasteiger charge is -2.35. The molecule has 11 aromatic carbocycles. The van der Waals surface area contributed by atoms with Gasteiger partial charge >= 0.3 is 0 Å². The minimum atomic E-state index is -0.551. The van der Waals surface area contributed by atoms with Gasteiger partial charge in [-0.15, -0.1) is 0 Å². The molecule has 12 rings (SSSR count). The maximum absolute atomic E-state index is 2.52. The Morgan fingerprint density at radius 1 is 0.323 bits per heavy atom. The van der Waals surface area contributed by atoms with Crippen molar-refractivity contribution in [2.75, 3.05) is 4.90 Å². The van der Waals surface area contributed by atoms with Gasteiger partial charge in [-0.25, -0.2) is 0 Å². The fraction of sp³-hybridized carbons (Fsp3) is 0.0312. The van der Waals surface area contributed by atoms with E-state index < -0.39 is 5.41 Å². The molecule has 306 valence electrons. The van der Waals surface area contributed by atoms with Gasteiger partial charge in [0, 0.05) is 22.3 Å². The Hall–Kier alpha value is -8.26. The SMILES string of the molecule is Cc1ccc(-c2ccc(N(c3ccc(-c4ccccc4-c4ccc5ccccc5c4)cc3)c3c4c(cc5ccccc35)C(c3ccccc3)(c3ccccc3)c3ccccc3-4)cc2)cc1. The molecule has 0 fully saturated rings. The van der Waals surface area contributed by atoms with Crippen LogP contribution in [0.2, 0.25) is 0 Å². The van der Waals surface area contributed by atoms with Crippen molar-refractivity contribution >= 4 is 38.6 Å². The van der Waals surface area contributed by atoms with Crippen LogP contribution in [0.4, 0.5) is 17.1 Å². The van der Waals surface area contributed by atoms with Crippen LogP contribution in [0.5, 0.6) is 0 Å². The fourth-order valence-corrected chi connectivity index (χ4v) is 10.6. The molecule has 0 radical (unpaired) electrons. The molecule has 0 spiro atoms. The van der Waals surface area contributed by atoms with Gasteiger partial charge in [-0.1, -0.05) is 224 Å². The average molecular weight is 828 g/mol. The van der Waals surface area contributed by atoms with E-state index in [-0.39, 0.29) is 0 Å². The summed E-state index contributed by atoms with van der Waals surface area (Å²) >= 11 is 0. The van der Waals surface area contributed by atoms with Gasteiger partial charge in [-0.05, 0) is 121 Å². The van der Waals surface area contributed by atoms with Crippen LogP contribution >= 0.6 is 0 Å². The lowest BCUT2D eigenvalue weighted by molar-refractivity contribution is 0.769. The van der Waals surface area contributed by atoms with Gasteiger partial charge in [0.25, 0.3) is 0 Å². The van der Waals surface area contributed by atoms with Crippen molar-refractivity contribution in [2.24, 2.45) is 0 Å². The molecule has 65 heavy (non-hydrogen) atoms. The van der Waals surface area contributed by atoms with Crippen LogP contribution in [0.3, 0.4) is 0 Å². The number of rotatable bonds is 8. The Bertz CT molecular complexity index is 3470. The summed E-state index contributed by atoms with van der Waals surface area (Å²) in [5.41, 5.74) is 18.9. The zero-order valence-electron chi connectivity index (χ0n) is 36.2. The van der Waals surface area contributed by atoms with Crippen LogP contribution in [0.15, 0.2) is 255 Å². The van der Waals surface area contributed by atoms with Gasteiger partial charge < -0.3 is 4.90 Å². The first kappa shape index (κ1) is 38.4. The molecule has 1 aliphatic rings. The molecule has 0 heterocycles. The average Bonchev–Trinajstić information content (AvgIpc) is 3.67. The number of nitrogens with zero attached hydrogens (tertiary/aromatic N) is 1. The molecule has 1 heteroatoms. The van der Waals surface area contributed by atoms with Crippen LogP contribution in [-0.4, -0.2) is 0 Å². The van der Waals surface area contributed by atoms with Crippen molar-refractivity contribution in [3.05, 3.63) is 283 Å². The molecule has 0 bridgehead atoms. The lowest BCUT2D eigenvalue weighted by atomic mass is 9.67. The smallest absolute Gasteiger partial charge is 0.0714 e. The lowest BCUT2D eigenvalue weighted by Crippen LogP contribution is -2.28. The second-order valence-electron chi connectivity index (χ2n) is 17.3. The second-order valence-corrected chi connectivity index (χ2v) is 17.3. The van der Waals surface area contributed by atoms with Crippen LogP contribution in [0.25, 0.3) is 66.1 Å². The summed E-state index contributed by atoms with van der Waals surface area (Å²) in [7, 11) is 0. The molecule has 11 aromatic rings. The van der Waals surface area contributed by atoms with E-state index in [2.05, 4.69) is 267 Å². The second kappa shape index (κ2) is 15.8. The molecule has 0 amide bonds. The number of benzene rings is 11. The standard InChI is InChI=1S/C64H45N/c1-44-28-30-46(31-29-44)47-34-38-54(39-35-47)65(55-40-36-48(37-41-55)56-23-12-13-24-57(56)51-33-32-45-16-8-9-17-49(45)42-51)63-58-25-11-10-18-50(58)43-61-62(63)59-26-14-15-27-60(59)64(61,52-19-4-2-5-20-52)53-21-6-3-7-22-53/h2-43H,1H3. The molecule has 0 atom stereocenters. The summed E-state index contributed by atoms with van der Waals surface area (Å²) in [5, 5.41) is 4.89. The van der Waals surface area contributed by atoms with E-state index >= 15 is 0 Å². The van der Waals surface area contributed by atoms with Gasteiger partial charge in [0.15, 0.2) is 0 Å². The summed E-state index contributed by atoms with van der Waals surface area (Å²) in [6, 6.07) is 94.2. The van der Waals surface area contributed by atoms with Gasteiger partial charge in [-0.2, -0.15) is 0 Å². The zero-order chi connectivity index (χ0) is 43.3. The largest absolute Gasteiger partial charge is 0.309 e. The summed E-state index contributed by atoms with van der Waals surface area (Å²) in [4.78, 5) is 2.52. The Labute approximate surface area is 381 Å². The molecule has 1 nitrogen and oxygen atoms in total. The van der Waals surface area contributed by atoms with Crippen molar-refractivity contribution in [2.45, 2.75) is 12.3 Å². The van der Waals surface area contributed by atoms with E-state index in [1.54, 1.807) is 0 Å². The summed E-state index contributed by atoms with van der Waals surface area (Å²) in [5.74, 6) is 0. The van der Waals surface area contributed by atoms with Gasteiger partial charge in [0.2, 0.25) is 0 Å². The van der Waals surface area contributed by atoms with Crippen molar-refractivity contribution in [3.63, 3.8) is 0 Å². The topological polar surface area (TPSA) is 3.24 Å². The molecule has 0 saturated carbocycles. The first-order valence-electron chi connectivity index (χ1n) is 22.6. The Balaban J connectivity index is 1.10. The summed E-state index contributed by atoms with van der Waals surface area (Å²) < 4.78 is 0. The van der Waals surface area contributed by atoms with E-state index in [0.717, 1.165) is 11.4 Å². The number of aryl methyl sites for hydroxylation is 1. The fourth-order valence-electron chi connectivity index (χ4n) is 10.6. The molecular weight excluding hydrogens is 783 g/mol. The van der Waals surface area contributed by atoms with Gasteiger partial charge in [0.1, 0.15) is 0 Å². The predicted octanol–water partition coefficient (Wildman–Crippen LogP) is 17.1. The zero-order valence-corrected chi connectivity index (χ0v) is 36.2. The molecule has 1 aliphatic carbocycles. The first-order valence-corrected chi connectivity index (χ1v) is 22.6. The van der Waals surface area contributed by atoms with Gasteiger partial charge in [-0.3, -0.25) is 0 Å². The number of anilines is 3. The van der Waals surface area contributed by atoms with Crippen LogP contribution in [0.1, 0.15) is 27.8 Å². The highest BCUT2D eigenvalue weighted by Gasteiger charge is 2.48.